The molecule has 0 aromatic heterocycles. The molecule has 96 valence electrons. The van der Waals surface area contributed by atoms with Crippen LogP contribution in [0.5, 0.6) is 0 Å². The summed E-state index contributed by atoms with van der Waals surface area (Å²) in [4.78, 5) is 0. The highest BCUT2D eigenvalue weighted by Gasteiger charge is 2.36. The van der Waals surface area contributed by atoms with Crippen LogP contribution >= 0.6 is 0 Å². The predicted molar refractivity (Wildman–Crippen MR) is 66.6 cm³/mol. The van der Waals surface area contributed by atoms with Gasteiger partial charge in [0, 0.05) is 13.1 Å². The second-order valence-corrected chi connectivity index (χ2v) is 6.88. The summed E-state index contributed by atoms with van der Waals surface area (Å²) in [7, 11) is -3.22. The zero-order valence-corrected chi connectivity index (χ0v) is 11.1. The van der Waals surface area contributed by atoms with Crippen LogP contribution in [-0.4, -0.2) is 26.8 Å². The van der Waals surface area contributed by atoms with Crippen molar-refractivity contribution in [2.24, 2.45) is 11.1 Å². The van der Waals surface area contributed by atoms with Crippen LogP contribution in [0.3, 0.4) is 0 Å². The van der Waals surface area contributed by atoms with Gasteiger partial charge in [-0.05, 0) is 31.1 Å². The van der Waals surface area contributed by atoms with Crippen molar-refractivity contribution >= 4 is 10.0 Å². The average molecular weight is 248 g/mol. The van der Waals surface area contributed by atoms with E-state index in [4.69, 9.17) is 5.73 Å². The van der Waals surface area contributed by atoms with Crippen molar-refractivity contribution < 1.29 is 8.42 Å². The maximum atomic E-state index is 11.9. The fourth-order valence-electron chi connectivity index (χ4n) is 2.22. The zero-order valence-electron chi connectivity index (χ0n) is 10.3. The largest absolute Gasteiger partial charge is 0.329 e. The van der Waals surface area contributed by atoms with Gasteiger partial charge in [0.05, 0.1) is 5.25 Å². The summed E-state index contributed by atoms with van der Waals surface area (Å²) < 4.78 is 26.6. The molecule has 0 bridgehead atoms. The summed E-state index contributed by atoms with van der Waals surface area (Å²) in [6.45, 7) is 4.77. The lowest BCUT2D eigenvalue weighted by molar-refractivity contribution is 0.132. The van der Waals surface area contributed by atoms with Gasteiger partial charge in [0.25, 0.3) is 0 Å². The summed E-state index contributed by atoms with van der Waals surface area (Å²) in [5.41, 5.74) is 5.69. The Morgan fingerprint density at radius 2 is 2.00 bits per heavy atom. The van der Waals surface area contributed by atoms with Crippen LogP contribution in [0.15, 0.2) is 0 Å². The molecular formula is C11H24N2O2S. The van der Waals surface area contributed by atoms with Crippen molar-refractivity contribution in [3.63, 3.8) is 0 Å². The van der Waals surface area contributed by atoms with Gasteiger partial charge in [-0.15, -0.1) is 0 Å². The van der Waals surface area contributed by atoms with E-state index in [-0.39, 0.29) is 12.0 Å². The number of sulfonamides is 1. The van der Waals surface area contributed by atoms with E-state index < -0.39 is 15.3 Å². The maximum Gasteiger partial charge on any atom is 0.215 e. The van der Waals surface area contributed by atoms with Crippen molar-refractivity contribution in [2.45, 2.75) is 51.2 Å². The van der Waals surface area contributed by atoms with Crippen molar-refractivity contribution in [1.82, 2.24) is 4.72 Å². The molecule has 3 N–H and O–H groups in total. The number of nitrogens with one attached hydrogen (secondary N) is 1. The van der Waals surface area contributed by atoms with E-state index in [1.807, 2.05) is 6.92 Å². The Morgan fingerprint density at radius 1 is 1.38 bits per heavy atom. The second-order valence-electron chi connectivity index (χ2n) is 4.84. The number of rotatable bonds is 7. The van der Waals surface area contributed by atoms with E-state index in [0.29, 0.717) is 13.0 Å². The van der Waals surface area contributed by atoms with Crippen LogP contribution in [0.1, 0.15) is 46.0 Å². The molecule has 1 aliphatic carbocycles. The number of hydrogen-bond acceptors (Lipinski definition) is 3. The first-order valence-electron chi connectivity index (χ1n) is 6.18. The van der Waals surface area contributed by atoms with Crippen LogP contribution in [0.4, 0.5) is 0 Å². The van der Waals surface area contributed by atoms with Crippen molar-refractivity contribution in [3.8, 4) is 0 Å². The monoisotopic (exact) mass is 248 g/mol. The first kappa shape index (κ1) is 13.9. The van der Waals surface area contributed by atoms with Gasteiger partial charge in [0.2, 0.25) is 10.0 Å². The standard InChI is InChI=1S/C11H24N2O2S/c1-3-10(8-12)16(14,15)13-9-11(4-2)6-5-7-11/h10,13H,3-9,12H2,1-2H3. The van der Waals surface area contributed by atoms with E-state index in [0.717, 1.165) is 19.3 Å². The third-order valence-electron chi connectivity index (χ3n) is 3.97. The Labute approximate surface area is 99.0 Å². The Balaban J connectivity index is 2.53. The highest BCUT2D eigenvalue weighted by molar-refractivity contribution is 7.90. The third kappa shape index (κ3) is 2.96. The van der Waals surface area contributed by atoms with Crippen LogP contribution in [-0.2, 0) is 10.0 Å². The van der Waals surface area contributed by atoms with Crippen LogP contribution in [0, 0.1) is 5.41 Å². The molecule has 1 saturated carbocycles. The molecule has 0 spiro atoms. The molecule has 0 amide bonds. The summed E-state index contributed by atoms with van der Waals surface area (Å²) in [6, 6.07) is 0. The van der Waals surface area contributed by atoms with Crippen molar-refractivity contribution in [1.29, 1.82) is 0 Å². The Bertz CT molecular complexity index is 300. The van der Waals surface area contributed by atoms with Gasteiger partial charge in [-0.3, -0.25) is 0 Å². The lowest BCUT2D eigenvalue weighted by Gasteiger charge is -2.41. The fourth-order valence-corrected chi connectivity index (χ4v) is 3.65. The fraction of sp³-hybridized carbons (Fsp3) is 1.00. The molecule has 0 aromatic rings. The molecule has 0 aliphatic heterocycles. The topological polar surface area (TPSA) is 72.2 Å². The van der Waals surface area contributed by atoms with Gasteiger partial charge in [0.1, 0.15) is 0 Å². The minimum atomic E-state index is -3.22. The minimum absolute atomic E-state index is 0.199. The van der Waals surface area contributed by atoms with Crippen LogP contribution < -0.4 is 10.5 Å². The number of nitrogens with two attached hydrogens (primary N) is 1. The van der Waals surface area contributed by atoms with Crippen molar-refractivity contribution in [3.05, 3.63) is 0 Å². The average Bonchev–Trinajstić information content (AvgIpc) is 2.18. The van der Waals surface area contributed by atoms with E-state index in [2.05, 4.69) is 11.6 Å². The Hall–Kier alpha value is -0.130. The van der Waals surface area contributed by atoms with Crippen LogP contribution in [0.25, 0.3) is 0 Å². The minimum Gasteiger partial charge on any atom is -0.329 e. The summed E-state index contributed by atoms with van der Waals surface area (Å²) in [6.07, 6.45) is 5.14. The number of hydrogen-bond donors (Lipinski definition) is 2. The predicted octanol–water partition coefficient (Wildman–Crippen LogP) is 1.22. The molecular weight excluding hydrogens is 224 g/mol. The van der Waals surface area contributed by atoms with Crippen LogP contribution in [0.2, 0.25) is 0 Å². The van der Waals surface area contributed by atoms with E-state index in [1.165, 1.54) is 6.42 Å². The second kappa shape index (κ2) is 5.47. The van der Waals surface area contributed by atoms with Crippen molar-refractivity contribution in [2.75, 3.05) is 13.1 Å². The van der Waals surface area contributed by atoms with Gasteiger partial charge in [0.15, 0.2) is 0 Å². The highest BCUT2D eigenvalue weighted by Crippen LogP contribution is 2.43. The SMILES string of the molecule is CCC(CN)S(=O)(=O)NCC1(CC)CCC1. The lowest BCUT2D eigenvalue weighted by Crippen LogP contribution is -2.46. The van der Waals surface area contributed by atoms with Gasteiger partial charge in [-0.25, -0.2) is 13.1 Å². The summed E-state index contributed by atoms with van der Waals surface area (Å²) in [5, 5.41) is -0.443. The molecule has 1 unspecified atom stereocenters. The first-order chi connectivity index (χ1) is 7.49. The molecule has 1 rings (SSSR count). The lowest BCUT2D eigenvalue weighted by atomic mass is 9.67. The zero-order chi connectivity index (χ0) is 12.2. The van der Waals surface area contributed by atoms with Gasteiger partial charge in [-0.1, -0.05) is 20.3 Å². The molecule has 16 heavy (non-hydrogen) atoms. The Kier molecular flexibility index (Phi) is 4.76. The van der Waals surface area contributed by atoms with E-state index >= 15 is 0 Å². The summed E-state index contributed by atoms with van der Waals surface area (Å²) >= 11 is 0. The maximum absolute atomic E-state index is 11.9. The molecule has 4 nitrogen and oxygen atoms in total. The molecule has 1 atom stereocenters. The molecule has 1 fully saturated rings. The van der Waals surface area contributed by atoms with E-state index in [9.17, 15) is 8.42 Å². The third-order valence-corrected chi connectivity index (χ3v) is 5.92. The Morgan fingerprint density at radius 3 is 2.31 bits per heavy atom. The van der Waals surface area contributed by atoms with Gasteiger partial charge in [-0.2, -0.15) is 0 Å². The smallest absolute Gasteiger partial charge is 0.215 e. The first-order valence-corrected chi connectivity index (χ1v) is 7.73. The van der Waals surface area contributed by atoms with Gasteiger partial charge < -0.3 is 5.73 Å². The molecule has 0 saturated heterocycles. The highest BCUT2D eigenvalue weighted by atomic mass is 32.2. The molecule has 0 heterocycles. The summed E-state index contributed by atoms with van der Waals surface area (Å²) in [5.74, 6) is 0. The normalized spacial score (nSPS) is 21.4. The molecule has 0 radical (unpaired) electrons. The molecule has 0 aromatic carbocycles. The quantitative estimate of drug-likeness (QED) is 0.711. The van der Waals surface area contributed by atoms with Gasteiger partial charge >= 0.3 is 0 Å². The molecule has 1 aliphatic rings. The van der Waals surface area contributed by atoms with E-state index in [1.54, 1.807) is 0 Å². The molecule has 5 heteroatoms.